The molecule has 0 saturated carbocycles. The lowest BCUT2D eigenvalue weighted by molar-refractivity contribution is -0.275. The van der Waals surface area contributed by atoms with E-state index in [1.54, 1.807) is 26.4 Å². The minimum Gasteiger partial charge on any atom is -0.423 e. The molecule has 0 spiro atoms. The maximum atomic E-state index is 14.1. The van der Waals surface area contributed by atoms with E-state index < -0.39 is 54.6 Å². The Morgan fingerprint density at radius 1 is 0.621 bits per heavy atom. The Morgan fingerprint density at radius 2 is 1.07 bits per heavy atom. The van der Waals surface area contributed by atoms with E-state index in [2.05, 4.69) is 19.4 Å². The van der Waals surface area contributed by atoms with E-state index >= 15 is 0 Å². The summed E-state index contributed by atoms with van der Waals surface area (Å²) in [7, 11) is -1.83. The quantitative estimate of drug-likeness (QED) is 0.0740. The maximum Gasteiger partial charge on any atom is 0.573 e. The second-order valence-corrected chi connectivity index (χ2v) is 14.3. The number of nitrogens with zero attached hydrogens (tertiary/aromatic N) is 2. The molecule has 0 radical (unpaired) electrons. The summed E-state index contributed by atoms with van der Waals surface area (Å²) in [5.41, 5.74) is 1.44. The maximum absolute atomic E-state index is 14.1. The number of fused-ring (bicyclic) bond motifs is 2. The van der Waals surface area contributed by atoms with Gasteiger partial charge < -0.3 is 19.5 Å². The molecule has 6 aromatic rings. The van der Waals surface area contributed by atoms with Gasteiger partial charge in [-0.25, -0.2) is 27.5 Å². The van der Waals surface area contributed by atoms with Crippen LogP contribution in [0.5, 0.6) is 11.5 Å². The van der Waals surface area contributed by atoms with E-state index in [4.69, 9.17) is 44.9 Å². The van der Waals surface area contributed by atoms with Gasteiger partial charge in [-0.1, -0.05) is 34.8 Å². The molecule has 6 nitrogen and oxygen atoms in total. The smallest absolute Gasteiger partial charge is 0.423 e. The summed E-state index contributed by atoms with van der Waals surface area (Å²) in [5.74, 6) is -4.05. The monoisotopic (exact) mass is 918 g/mol. The summed E-state index contributed by atoms with van der Waals surface area (Å²) in [6, 6.07) is 10.8. The van der Waals surface area contributed by atoms with Crippen molar-refractivity contribution in [2.45, 2.75) is 36.4 Å². The van der Waals surface area contributed by atoms with Gasteiger partial charge in [0.1, 0.15) is 39.9 Å². The Labute approximate surface area is 346 Å². The molecule has 0 aliphatic carbocycles. The summed E-state index contributed by atoms with van der Waals surface area (Å²) in [4.78, 5) is 9.20. The fourth-order valence-corrected chi connectivity index (χ4v) is 7.11. The van der Waals surface area contributed by atoms with Gasteiger partial charge in [-0.3, -0.25) is 0 Å². The Bertz CT molecular complexity index is 2480. The van der Waals surface area contributed by atoms with Crippen LogP contribution in [0.3, 0.4) is 0 Å². The highest BCUT2D eigenvalue weighted by atomic mass is 35.5. The first kappa shape index (κ1) is 46.8. The summed E-state index contributed by atoms with van der Waals surface area (Å²) < 4.78 is 135. The molecule has 6 rings (SSSR count). The zero-order chi connectivity index (χ0) is 43.4. The Balaban J connectivity index is 0.000000206. The molecule has 22 heteroatoms. The van der Waals surface area contributed by atoms with Crippen molar-refractivity contribution in [3.8, 4) is 22.8 Å². The van der Waals surface area contributed by atoms with Gasteiger partial charge in [-0.15, -0.1) is 49.9 Å². The molecule has 0 aliphatic rings. The lowest BCUT2D eigenvalue weighted by atomic mass is 9.80. The first-order chi connectivity index (χ1) is 26.9. The third-order valence-electron chi connectivity index (χ3n) is 7.65. The van der Waals surface area contributed by atoms with E-state index in [0.717, 1.165) is 30.3 Å². The molecule has 0 bridgehead atoms. The van der Waals surface area contributed by atoms with Crippen LogP contribution in [0.2, 0.25) is 15.2 Å². The number of hydrogen-bond donors (Lipinski definition) is 2. The standard InChI is InChI=1S/C18H11ClF5NOS.C10H5Cl2F2N.C8H8BF3O3S/c1-8-16(19)15-12(21)5-9(20)6-13(15)25-17(8)11-7-10(26-18(22,23)24)3-4-14(11)27-2;1-4-9(11)8-6(14)2-5(13)3-7(8)15-10(4)12;1-16-7-3-2-5(15-8(10,11)12)4-6(7)9(13)14/h3-7H,1-2H3;2-3H,1H3;2-4,13-14H,1H3. The highest BCUT2D eigenvalue weighted by Gasteiger charge is 2.33. The number of pyridine rings is 2. The van der Waals surface area contributed by atoms with E-state index in [0.29, 0.717) is 32.5 Å². The Hall–Kier alpha value is -3.85. The number of alkyl halides is 6. The van der Waals surface area contributed by atoms with Crippen LogP contribution in [0.4, 0.5) is 43.9 Å². The van der Waals surface area contributed by atoms with Crippen molar-refractivity contribution in [1.82, 2.24) is 9.97 Å². The molecule has 0 aliphatic heterocycles. The molecular weight excluding hydrogens is 896 g/mol. The van der Waals surface area contributed by atoms with Crippen LogP contribution in [0.25, 0.3) is 33.1 Å². The summed E-state index contributed by atoms with van der Waals surface area (Å²) in [6.45, 7) is 3.19. The number of benzene rings is 4. The van der Waals surface area contributed by atoms with E-state index in [9.17, 15) is 43.9 Å². The van der Waals surface area contributed by atoms with Gasteiger partial charge in [0, 0.05) is 45.2 Å². The molecule has 58 heavy (non-hydrogen) atoms. The van der Waals surface area contributed by atoms with Gasteiger partial charge in [0.2, 0.25) is 0 Å². The molecular formula is C36H24BCl3F10N2O4S2. The molecule has 308 valence electrons. The average molecular weight is 920 g/mol. The van der Waals surface area contributed by atoms with Crippen molar-refractivity contribution in [3.05, 3.63) is 110 Å². The number of halogens is 13. The summed E-state index contributed by atoms with van der Waals surface area (Å²) in [6.07, 6.45) is -6.24. The summed E-state index contributed by atoms with van der Waals surface area (Å²) in [5, 5.41) is 18.3. The highest BCUT2D eigenvalue weighted by molar-refractivity contribution is 7.99. The molecule has 0 fully saturated rings. The molecule has 4 aromatic carbocycles. The fourth-order valence-electron chi connectivity index (χ4n) is 5.14. The van der Waals surface area contributed by atoms with Crippen molar-refractivity contribution in [2.24, 2.45) is 0 Å². The minimum atomic E-state index is -4.85. The lowest BCUT2D eigenvalue weighted by Gasteiger charge is -2.16. The fraction of sp³-hybridized carbons (Fsp3) is 0.167. The SMILES string of the molecule is CSc1ccc(OC(F)(F)F)cc1-c1nc2cc(F)cc(F)c2c(Cl)c1C.CSc1ccc(OC(F)(F)F)cc1B(O)O.Cc1c(Cl)nc2cc(F)cc(F)c2c1Cl. The number of rotatable bonds is 6. The first-order valence-corrected chi connectivity index (χ1v) is 19.3. The van der Waals surface area contributed by atoms with Gasteiger partial charge in [-0.2, -0.15) is 0 Å². The van der Waals surface area contributed by atoms with Gasteiger partial charge >= 0.3 is 19.8 Å². The number of aromatic nitrogens is 2. The van der Waals surface area contributed by atoms with Gasteiger partial charge in [0.05, 0.1) is 37.5 Å². The molecule has 0 saturated heterocycles. The van der Waals surface area contributed by atoms with Gasteiger partial charge in [0.25, 0.3) is 0 Å². The van der Waals surface area contributed by atoms with Crippen molar-refractivity contribution in [2.75, 3.05) is 12.5 Å². The van der Waals surface area contributed by atoms with E-state index in [1.165, 1.54) is 47.8 Å². The van der Waals surface area contributed by atoms with Crippen molar-refractivity contribution >= 4 is 92.7 Å². The number of thioether (sulfide) groups is 2. The van der Waals surface area contributed by atoms with Crippen LogP contribution in [0.1, 0.15) is 11.1 Å². The third-order valence-corrected chi connectivity index (χ3v) is 10.6. The molecule has 2 N–H and O–H groups in total. The van der Waals surface area contributed by atoms with E-state index in [-0.39, 0.29) is 48.2 Å². The first-order valence-electron chi connectivity index (χ1n) is 15.7. The van der Waals surface area contributed by atoms with Crippen LogP contribution in [0.15, 0.2) is 70.5 Å². The molecule has 0 atom stereocenters. The minimum absolute atomic E-state index is 0.0155. The predicted molar refractivity (Wildman–Crippen MR) is 206 cm³/mol. The topological polar surface area (TPSA) is 84.7 Å². The van der Waals surface area contributed by atoms with Crippen molar-refractivity contribution in [3.63, 3.8) is 0 Å². The van der Waals surface area contributed by atoms with Crippen molar-refractivity contribution in [1.29, 1.82) is 0 Å². The van der Waals surface area contributed by atoms with Crippen LogP contribution in [-0.2, 0) is 0 Å². The second-order valence-electron chi connectivity index (χ2n) is 11.5. The predicted octanol–water partition coefficient (Wildman–Crippen LogP) is 11.9. The number of hydrogen-bond acceptors (Lipinski definition) is 8. The van der Waals surface area contributed by atoms with Gasteiger partial charge in [-0.05, 0) is 73.8 Å². The Morgan fingerprint density at radius 3 is 1.53 bits per heavy atom. The van der Waals surface area contributed by atoms with E-state index in [1.807, 2.05) is 0 Å². The summed E-state index contributed by atoms with van der Waals surface area (Å²) >= 11 is 20.4. The zero-order valence-electron chi connectivity index (χ0n) is 29.7. The second kappa shape index (κ2) is 19.0. The largest absolute Gasteiger partial charge is 0.573 e. The normalized spacial score (nSPS) is 11.5. The molecule has 0 unspecified atom stereocenters. The number of ether oxygens (including phenoxy) is 2. The lowest BCUT2D eigenvalue weighted by Crippen LogP contribution is -2.32. The molecule has 2 heterocycles. The van der Waals surface area contributed by atoms with Crippen molar-refractivity contribution < 1.29 is 63.4 Å². The van der Waals surface area contributed by atoms with Crippen LogP contribution in [0, 0.1) is 37.1 Å². The van der Waals surface area contributed by atoms with Gasteiger partial charge in [0.15, 0.2) is 0 Å². The Kier molecular flexibility index (Phi) is 15.4. The highest BCUT2D eigenvalue weighted by Crippen LogP contribution is 2.40. The zero-order valence-corrected chi connectivity index (χ0v) is 33.6. The molecule has 2 aromatic heterocycles. The average Bonchev–Trinajstić information content (AvgIpc) is 3.10. The van der Waals surface area contributed by atoms with Crippen LogP contribution in [-0.4, -0.2) is 52.4 Å². The third kappa shape index (κ3) is 11.7. The van der Waals surface area contributed by atoms with Crippen LogP contribution < -0.4 is 14.9 Å². The van der Waals surface area contributed by atoms with Crippen LogP contribution >= 0.6 is 58.3 Å². The molecule has 0 amide bonds.